The monoisotopic (exact) mass is 472 g/mol. The van der Waals surface area contributed by atoms with E-state index in [-0.39, 0.29) is 10.8 Å². The SMILES string of the molecule is Cc1cc(C)c(S(=O)(=O)Nc2cc(C(=O)N3CCOCC3)ccc2N2CCNCC2)c(C)c1. The van der Waals surface area contributed by atoms with Crippen molar-refractivity contribution < 1.29 is 17.9 Å². The normalized spacial score (nSPS) is 17.2. The van der Waals surface area contributed by atoms with E-state index in [4.69, 9.17) is 4.74 Å². The van der Waals surface area contributed by atoms with Crippen molar-refractivity contribution in [2.45, 2.75) is 25.7 Å². The van der Waals surface area contributed by atoms with Crippen LogP contribution in [0.25, 0.3) is 0 Å². The van der Waals surface area contributed by atoms with Crippen molar-refractivity contribution >= 4 is 27.3 Å². The average molecular weight is 473 g/mol. The molecule has 0 spiro atoms. The van der Waals surface area contributed by atoms with Gasteiger partial charge in [-0.05, 0) is 50.1 Å². The first-order chi connectivity index (χ1) is 15.8. The van der Waals surface area contributed by atoms with Crippen LogP contribution in [0.5, 0.6) is 0 Å². The van der Waals surface area contributed by atoms with E-state index in [1.165, 1.54) is 0 Å². The second kappa shape index (κ2) is 9.70. The third-order valence-corrected chi connectivity index (χ3v) is 7.79. The summed E-state index contributed by atoms with van der Waals surface area (Å²) in [6.45, 7) is 10.8. The molecule has 33 heavy (non-hydrogen) atoms. The molecular formula is C24H32N4O4S. The number of carbonyl (C=O) groups excluding carboxylic acids is 1. The average Bonchev–Trinajstić information content (AvgIpc) is 2.78. The van der Waals surface area contributed by atoms with Gasteiger partial charge in [0.2, 0.25) is 0 Å². The minimum Gasteiger partial charge on any atom is -0.378 e. The molecule has 4 rings (SSSR count). The predicted octanol–water partition coefficient (Wildman–Crippen LogP) is 2.29. The number of nitrogens with one attached hydrogen (secondary N) is 2. The summed E-state index contributed by atoms with van der Waals surface area (Å²) in [5, 5.41) is 3.32. The molecule has 2 saturated heterocycles. The Bertz CT molecular complexity index is 1110. The highest BCUT2D eigenvalue weighted by atomic mass is 32.2. The van der Waals surface area contributed by atoms with Gasteiger partial charge in [0, 0.05) is 44.8 Å². The molecule has 0 radical (unpaired) electrons. The number of ether oxygens (including phenoxy) is 1. The van der Waals surface area contributed by atoms with E-state index in [9.17, 15) is 13.2 Å². The fourth-order valence-electron chi connectivity index (χ4n) is 4.67. The summed E-state index contributed by atoms with van der Waals surface area (Å²) in [6.07, 6.45) is 0. The lowest BCUT2D eigenvalue weighted by Gasteiger charge is -2.32. The third kappa shape index (κ3) is 5.15. The number of hydrogen-bond acceptors (Lipinski definition) is 6. The number of nitrogens with zero attached hydrogens (tertiary/aromatic N) is 2. The highest BCUT2D eigenvalue weighted by molar-refractivity contribution is 7.92. The van der Waals surface area contributed by atoms with E-state index in [0.717, 1.165) is 37.4 Å². The lowest BCUT2D eigenvalue weighted by atomic mass is 10.1. The maximum absolute atomic E-state index is 13.5. The Kier molecular flexibility index (Phi) is 6.92. The molecule has 0 aliphatic carbocycles. The summed E-state index contributed by atoms with van der Waals surface area (Å²) in [4.78, 5) is 17.3. The van der Waals surface area contributed by atoms with Crippen molar-refractivity contribution in [3.63, 3.8) is 0 Å². The van der Waals surface area contributed by atoms with Crippen molar-refractivity contribution in [3.8, 4) is 0 Å². The number of rotatable bonds is 5. The van der Waals surface area contributed by atoms with Crippen LogP contribution in [0.3, 0.4) is 0 Å². The summed E-state index contributed by atoms with van der Waals surface area (Å²) in [5.74, 6) is -0.117. The lowest BCUT2D eigenvalue weighted by Crippen LogP contribution is -2.44. The zero-order chi connectivity index (χ0) is 23.6. The number of piperazine rings is 1. The van der Waals surface area contributed by atoms with Crippen molar-refractivity contribution in [1.82, 2.24) is 10.2 Å². The van der Waals surface area contributed by atoms with Gasteiger partial charge < -0.3 is 19.9 Å². The van der Waals surface area contributed by atoms with Gasteiger partial charge in [-0.15, -0.1) is 0 Å². The first kappa shape index (κ1) is 23.5. The van der Waals surface area contributed by atoms with Crippen LogP contribution >= 0.6 is 0 Å². The molecule has 2 aromatic rings. The minimum atomic E-state index is -3.86. The number of amides is 1. The smallest absolute Gasteiger partial charge is 0.262 e. The molecule has 2 heterocycles. The van der Waals surface area contributed by atoms with E-state index in [2.05, 4.69) is 14.9 Å². The van der Waals surface area contributed by atoms with Gasteiger partial charge in [-0.1, -0.05) is 17.7 Å². The van der Waals surface area contributed by atoms with E-state index in [1.54, 1.807) is 17.0 Å². The second-order valence-corrected chi connectivity index (χ2v) is 10.3. The number of benzene rings is 2. The molecule has 0 bridgehead atoms. The van der Waals surface area contributed by atoms with Gasteiger partial charge in [0.1, 0.15) is 0 Å². The molecule has 8 nitrogen and oxygen atoms in total. The zero-order valence-corrected chi connectivity index (χ0v) is 20.3. The molecule has 2 aliphatic rings. The molecular weight excluding hydrogens is 440 g/mol. The Morgan fingerprint density at radius 3 is 2.24 bits per heavy atom. The molecule has 0 saturated carbocycles. The predicted molar refractivity (Wildman–Crippen MR) is 130 cm³/mol. The Balaban J connectivity index is 1.73. The maximum Gasteiger partial charge on any atom is 0.262 e. The molecule has 2 N–H and O–H groups in total. The quantitative estimate of drug-likeness (QED) is 0.694. The van der Waals surface area contributed by atoms with Crippen molar-refractivity contribution in [1.29, 1.82) is 0 Å². The summed E-state index contributed by atoms with van der Waals surface area (Å²) in [5.41, 5.74) is 4.08. The number of carbonyl (C=O) groups is 1. The van der Waals surface area contributed by atoms with Crippen LogP contribution in [0, 0.1) is 20.8 Å². The number of morpholine rings is 1. The van der Waals surface area contributed by atoms with E-state index < -0.39 is 10.0 Å². The molecule has 2 aliphatic heterocycles. The van der Waals surface area contributed by atoms with Gasteiger partial charge in [-0.2, -0.15) is 0 Å². The van der Waals surface area contributed by atoms with Crippen LogP contribution in [0.2, 0.25) is 0 Å². The largest absolute Gasteiger partial charge is 0.378 e. The topological polar surface area (TPSA) is 91.0 Å². The van der Waals surface area contributed by atoms with Crippen LogP contribution in [0.4, 0.5) is 11.4 Å². The molecule has 0 unspecified atom stereocenters. The molecule has 2 fully saturated rings. The molecule has 2 aromatic carbocycles. The van der Waals surface area contributed by atoms with Gasteiger partial charge in [0.25, 0.3) is 15.9 Å². The maximum atomic E-state index is 13.5. The van der Waals surface area contributed by atoms with Gasteiger partial charge in [0.15, 0.2) is 0 Å². The van der Waals surface area contributed by atoms with Crippen LogP contribution < -0.4 is 14.9 Å². The molecule has 0 atom stereocenters. The highest BCUT2D eigenvalue weighted by Crippen LogP contribution is 2.32. The Hall–Kier alpha value is -2.62. The fourth-order valence-corrected chi connectivity index (χ4v) is 6.19. The van der Waals surface area contributed by atoms with E-state index in [0.29, 0.717) is 48.7 Å². The number of hydrogen-bond donors (Lipinski definition) is 2. The van der Waals surface area contributed by atoms with Gasteiger partial charge in [-0.3, -0.25) is 9.52 Å². The number of sulfonamides is 1. The number of aryl methyl sites for hydroxylation is 3. The van der Waals surface area contributed by atoms with Crippen molar-refractivity contribution in [3.05, 3.63) is 52.6 Å². The molecule has 0 aromatic heterocycles. The molecule has 9 heteroatoms. The highest BCUT2D eigenvalue weighted by Gasteiger charge is 2.25. The molecule has 1 amide bonds. The summed E-state index contributed by atoms with van der Waals surface area (Å²) in [6, 6.07) is 9.06. The molecule has 178 valence electrons. The van der Waals surface area contributed by atoms with Crippen LogP contribution in [-0.4, -0.2) is 71.7 Å². The number of anilines is 2. The standard InChI is InChI=1S/C24H32N4O4S/c1-17-14-18(2)23(19(3)15-17)33(30,31)26-21-16-20(24(29)28-10-12-32-13-11-28)4-5-22(21)27-8-6-25-7-9-27/h4-5,14-16,25-26H,6-13H2,1-3H3. The summed E-state index contributed by atoms with van der Waals surface area (Å²) >= 11 is 0. The van der Waals surface area contributed by atoms with Crippen molar-refractivity contribution in [2.24, 2.45) is 0 Å². The Morgan fingerprint density at radius 2 is 1.61 bits per heavy atom. The van der Waals surface area contributed by atoms with Gasteiger partial charge in [-0.25, -0.2) is 8.42 Å². The van der Waals surface area contributed by atoms with Crippen LogP contribution in [0.15, 0.2) is 35.2 Å². The zero-order valence-electron chi connectivity index (χ0n) is 19.5. The minimum absolute atomic E-state index is 0.117. The van der Waals surface area contributed by atoms with Gasteiger partial charge in [0.05, 0.1) is 29.5 Å². The first-order valence-corrected chi connectivity index (χ1v) is 12.8. The summed E-state index contributed by atoms with van der Waals surface area (Å²) in [7, 11) is -3.86. The van der Waals surface area contributed by atoms with Crippen LogP contribution in [0.1, 0.15) is 27.0 Å². The van der Waals surface area contributed by atoms with Crippen LogP contribution in [-0.2, 0) is 14.8 Å². The summed E-state index contributed by atoms with van der Waals surface area (Å²) < 4.78 is 35.2. The van der Waals surface area contributed by atoms with E-state index in [1.807, 2.05) is 39.0 Å². The fraction of sp³-hybridized carbons (Fsp3) is 0.458. The lowest BCUT2D eigenvalue weighted by molar-refractivity contribution is 0.0303. The Labute approximate surface area is 196 Å². The Morgan fingerprint density at radius 1 is 0.970 bits per heavy atom. The first-order valence-electron chi connectivity index (χ1n) is 11.3. The van der Waals surface area contributed by atoms with Crippen molar-refractivity contribution in [2.75, 3.05) is 62.1 Å². The van der Waals surface area contributed by atoms with E-state index >= 15 is 0 Å². The second-order valence-electron chi connectivity index (χ2n) is 8.71. The third-order valence-electron chi connectivity index (χ3n) is 6.12. The van der Waals surface area contributed by atoms with Gasteiger partial charge >= 0.3 is 0 Å².